The molecule has 0 aromatic heterocycles. The summed E-state index contributed by atoms with van der Waals surface area (Å²) in [6.07, 6.45) is 2.02. The van der Waals surface area contributed by atoms with E-state index in [9.17, 15) is 14.4 Å². The molecule has 0 atom stereocenters. The number of para-hydroxylation sites is 1. The summed E-state index contributed by atoms with van der Waals surface area (Å²) in [5, 5.41) is 7.85. The van der Waals surface area contributed by atoms with Crippen molar-refractivity contribution in [3.63, 3.8) is 0 Å². The highest BCUT2D eigenvalue weighted by atomic mass is 32.1. The summed E-state index contributed by atoms with van der Waals surface area (Å²) in [5.74, 6) is -1.46. The predicted molar refractivity (Wildman–Crippen MR) is 94.6 cm³/mol. The molecule has 0 aliphatic heterocycles. The summed E-state index contributed by atoms with van der Waals surface area (Å²) in [6, 6.07) is 6.76. The van der Waals surface area contributed by atoms with Gasteiger partial charge in [0, 0.05) is 18.7 Å². The van der Waals surface area contributed by atoms with Crippen molar-refractivity contribution in [2.75, 3.05) is 18.5 Å². The van der Waals surface area contributed by atoms with Gasteiger partial charge in [-0.05, 0) is 38.2 Å². The first-order valence-electron chi connectivity index (χ1n) is 7.32. The van der Waals surface area contributed by atoms with Crippen LogP contribution in [0.4, 0.5) is 5.69 Å². The summed E-state index contributed by atoms with van der Waals surface area (Å²) in [6.45, 7) is 4.19. The molecule has 0 aliphatic carbocycles. The number of thiocarbonyl (C=S) groups is 1. The molecule has 0 radical (unpaired) electrons. The topological polar surface area (TPSA) is 96.5 Å². The Morgan fingerprint density at radius 3 is 2.54 bits per heavy atom. The molecule has 7 nitrogen and oxygen atoms in total. The number of ether oxygens (including phenoxy) is 1. The Morgan fingerprint density at radius 1 is 1.17 bits per heavy atom. The highest BCUT2D eigenvalue weighted by molar-refractivity contribution is 7.80. The molecule has 0 bridgehead atoms. The highest BCUT2D eigenvalue weighted by Gasteiger charge is 2.11. The van der Waals surface area contributed by atoms with E-state index < -0.39 is 11.9 Å². The molecule has 8 heteroatoms. The molecule has 1 rings (SSSR count). The van der Waals surface area contributed by atoms with Gasteiger partial charge in [0.05, 0.1) is 17.9 Å². The van der Waals surface area contributed by atoms with Gasteiger partial charge in [-0.2, -0.15) is 0 Å². The number of amides is 2. The Balaban J connectivity index is 2.67. The molecule has 0 aliphatic rings. The molecule has 128 valence electrons. The first-order chi connectivity index (χ1) is 11.5. The normalized spacial score (nSPS) is 10.1. The van der Waals surface area contributed by atoms with Crippen molar-refractivity contribution >= 4 is 40.8 Å². The summed E-state index contributed by atoms with van der Waals surface area (Å²) in [7, 11) is 0. The van der Waals surface area contributed by atoms with Crippen LogP contribution in [0.5, 0.6) is 0 Å². The van der Waals surface area contributed by atoms with Crippen LogP contribution in [0.15, 0.2) is 36.4 Å². The van der Waals surface area contributed by atoms with Crippen LogP contribution in [-0.4, -0.2) is 36.0 Å². The van der Waals surface area contributed by atoms with Crippen molar-refractivity contribution in [2.24, 2.45) is 0 Å². The van der Waals surface area contributed by atoms with Crippen molar-refractivity contribution in [3.8, 4) is 0 Å². The van der Waals surface area contributed by atoms with Gasteiger partial charge in [0.25, 0.3) is 5.91 Å². The zero-order valence-corrected chi connectivity index (χ0v) is 14.2. The predicted octanol–water partition coefficient (Wildman–Crippen LogP) is 1.37. The van der Waals surface area contributed by atoms with Gasteiger partial charge in [-0.25, -0.2) is 4.79 Å². The minimum absolute atomic E-state index is 0.00487. The average molecular weight is 349 g/mol. The summed E-state index contributed by atoms with van der Waals surface area (Å²) < 4.78 is 4.66. The fourth-order valence-corrected chi connectivity index (χ4v) is 1.90. The minimum atomic E-state index is -0.617. The molecular formula is C16H19N3O4S. The van der Waals surface area contributed by atoms with E-state index >= 15 is 0 Å². The molecule has 2 amide bonds. The van der Waals surface area contributed by atoms with Gasteiger partial charge in [-0.15, -0.1) is 0 Å². The maximum atomic E-state index is 12.0. The first kappa shape index (κ1) is 19.3. The molecule has 3 N–H and O–H groups in total. The van der Waals surface area contributed by atoms with Crippen LogP contribution in [0.2, 0.25) is 0 Å². The fraction of sp³-hybridized carbons (Fsp3) is 0.250. The highest BCUT2D eigenvalue weighted by Crippen LogP contribution is 2.14. The monoisotopic (exact) mass is 349 g/mol. The van der Waals surface area contributed by atoms with E-state index in [1.807, 2.05) is 6.92 Å². The smallest absolute Gasteiger partial charge is 0.330 e. The van der Waals surface area contributed by atoms with Crippen molar-refractivity contribution in [1.82, 2.24) is 10.6 Å². The SMILES string of the molecule is CCNC(=O)c1ccccc1NC(=S)NC(=O)/C=C/C(=O)OCC. The van der Waals surface area contributed by atoms with E-state index in [1.54, 1.807) is 31.2 Å². The second-order valence-corrected chi connectivity index (χ2v) is 4.84. The molecule has 0 saturated heterocycles. The third kappa shape index (κ3) is 6.57. The van der Waals surface area contributed by atoms with Crippen molar-refractivity contribution in [1.29, 1.82) is 0 Å². The lowest BCUT2D eigenvalue weighted by Crippen LogP contribution is -2.34. The molecule has 1 aromatic rings. The van der Waals surface area contributed by atoms with Crippen molar-refractivity contribution in [2.45, 2.75) is 13.8 Å². The van der Waals surface area contributed by atoms with Crippen LogP contribution < -0.4 is 16.0 Å². The Hall–Kier alpha value is -2.74. The Bertz CT molecular complexity index is 658. The second-order valence-electron chi connectivity index (χ2n) is 4.43. The lowest BCUT2D eigenvalue weighted by Gasteiger charge is -2.12. The number of carbonyl (C=O) groups is 3. The van der Waals surface area contributed by atoms with Gasteiger partial charge in [0.1, 0.15) is 0 Å². The van der Waals surface area contributed by atoms with E-state index in [0.717, 1.165) is 12.2 Å². The van der Waals surface area contributed by atoms with Gasteiger partial charge in [-0.1, -0.05) is 12.1 Å². The van der Waals surface area contributed by atoms with Crippen LogP contribution in [0.1, 0.15) is 24.2 Å². The molecule has 0 saturated carbocycles. The van der Waals surface area contributed by atoms with E-state index in [2.05, 4.69) is 20.7 Å². The average Bonchev–Trinajstić information content (AvgIpc) is 2.54. The number of esters is 1. The molecular weight excluding hydrogens is 330 g/mol. The molecule has 0 spiro atoms. The van der Waals surface area contributed by atoms with Gasteiger partial charge >= 0.3 is 5.97 Å². The standard InChI is InChI=1S/C16H19N3O4S/c1-3-17-15(22)11-7-5-6-8-12(11)18-16(24)19-13(20)9-10-14(21)23-4-2/h5-10H,3-4H2,1-2H3,(H,17,22)(H2,18,19,20,24)/b10-9+. The lowest BCUT2D eigenvalue weighted by atomic mass is 10.1. The number of anilines is 1. The maximum absolute atomic E-state index is 12.0. The number of hydrogen-bond donors (Lipinski definition) is 3. The quantitative estimate of drug-likeness (QED) is 0.408. The molecule has 0 fully saturated rings. The number of hydrogen-bond acceptors (Lipinski definition) is 5. The van der Waals surface area contributed by atoms with Crippen LogP contribution in [0, 0.1) is 0 Å². The van der Waals surface area contributed by atoms with Gasteiger partial charge < -0.3 is 15.4 Å². The molecule has 0 heterocycles. The minimum Gasteiger partial charge on any atom is -0.463 e. The Kier molecular flexibility index (Phi) is 8.14. The Labute approximate surface area is 145 Å². The zero-order valence-electron chi connectivity index (χ0n) is 13.4. The number of rotatable bonds is 6. The number of nitrogens with one attached hydrogen (secondary N) is 3. The third-order valence-corrected chi connectivity index (χ3v) is 2.86. The van der Waals surface area contributed by atoms with Crippen LogP contribution in [0.3, 0.4) is 0 Å². The van der Waals surface area contributed by atoms with Crippen molar-refractivity contribution in [3.05, 3.63) is 42.0 Å². The van der Waals surface area contributed by atoms with Gasteiger partial charge in [0.15, 0.2) is 5.11 Å². The Morgan fingerprint density at radius 2 is 1.88 bits per heavy atom. The van der Waals surface area contributed by atoms with Crippen molar-refractivity contribution < 1.29 is 19.1 Å². The number of carbonyl (C=O) groups excluding carboxylic acids is 3. The van der Waals surface area contributed by atoms with Crippen LogP contribution >= 0.6 is 12.2 Å². The van der Waals surface area contributed by atoms with E-state index in [1.165, 1.54) is 0 Å². The van der Waals surface area contributed by atoms with E-state index in [-0.39, 0.29) is 17.6 Å². The fourth-order valence-electron chi connectivity index (χ4n) is 1.69. The lowest BCUT2D eigenvalue weighted by molar-refractivity contribution is -0.137. The summed E-state index contributed by atoms with van der Waals surface area (Å²) in [4.78, 5) is 34.7. The van der Waals surface area contributed by atoms with Crippen LogP contribution in [0.25, 0.3) is 0 Å². The van der Waals surface area contributed by atoms with E-state index in [0.29, 0.717) is 17.8 Å². The molecule has 0 unspecified atom stereocenters. The maximum Gasteiger partial charge on any atom is 0.330 e. The number of benzene rings is 1. The zero-order chi connectivity index (χ0) is 17.9. The first-order valence-corrected chi connectivity index (χ1v) is 7.72. The van der Waals surface area contributed by atoms with Gasteiger partial charge in [-0.3, -0.25) is 14.9 Å². The summed E-state index contributed by atoms with van der Waals surface area (Å²) in [5.41, 5.74) is 0.862. The second kappa shape index (κ2) is 10.1. The van der Waals surface area contributed by atoms with Gasteiger partial charge in [0.2, 0.25) is 5.91 Å². The third-order valence-electron chi connectivity index (χ3n) is 2.65. The molecule has 24 heavy (non-hydrogen) atoms. The largest absolute Gasteiger partial charge is 0.463 e. The molecule has 1 aromatic carbocycles. The van der Waals surface area contributed by atoms with E-state index in [4.69, 9.17) is 12.2 Å². The summed E-state index contributed by atoms with van der Waals surface area (Å²) >= 11 is 5.03. The van der Waals surface area contributed by atoms with Crippen LogP contribution in [-0.2, 0) is 14.3 Å².